The van der Waals surface area contributed by atoms with Crippen LogP contribution in [0.3, 0.4) is 0 Å². The Labute approximate surface area is 221 Å². The molecule has 0 aliphatic heterocycles. The second kappa shape index (κ2) is 13.0. The predicted molar refractivity (Wildman–Crippen MR) is 137 cm³/mol. The fraction of sp³-hybridized carbons (Fsp3) is 0.500. The number of nitrogens with one attached hydrogen (secondary N) is 1. The summed E-state index contributed by atoms with van der Waals surface area (Å²) in [6, 6.07) is 12.1. The van der Waals surface area contributed by atoms with E-state index in [1.165, 1.54) is 25.3 Å². The smallest absolute Gasteiger partial charge is 0.435 e. The number of halogens is 3. The highest BCUT2D eigenvalue weighted by atomic mass is 19.4. The van der Waals surface area contributed by atoms with Crippen LogP contribution in [-0.4, -0.2) is 34.7 Å². The van der Waals surface area contributed by atoms with Crippen LogP contribution in [-0.2, 0) is 25.9 Å². The monoisotopic (exact) mass is 533 g/mol. The van der Waals surface area contributed by atoms with E-state index in [0.29, 0.717) is 5.92 Å². The van der Waals surface area contributed by atoms with Gasteiger partial charge in [-0.1, -0.05) is 68.2 Å². The first-order valence-electron chi connectivity index (χ1n) is 13.0. The summed E-state index contributed by atoms with van der Waals surface area (Å²) in [6.07, 6.45) is 3.73. The fourth-order valence-corrected chi connectivity index (χ4v) is 5.07. The van der Waals surface area contributed by atoms with E-state index in [2.05, 4.69) is 40.0 Å². The minimum Gasteiger partial charge on any atom is -0.461 e. The Hall–Kier alpha value is -3.27. The Bertz CT molecular complexity index is 1080. The van der Waals surface area contributed by atoms with E-state index < -0.39 is 23.2 Å². The summed E-state index contributed by atoms with van der Waals surface area (Å²) in [5.74, 6) is -0.128. The molecule has 4 N–H and O–H groups in total. The Morgan fingerprint density at radius 1 is 1.08 bits per heavy atom. The molecule has 2 saturated carbocycles. The molecule has 38 heavy (non-hydrogen) atoms. The van der Waals surface area contributed by atoms with E-state index in [-0.39, 0.29) is 17.9 Å². The normalized spacial score (nSPS) is 20.7. The summed E-state index contributed by atoms with van der Waals surface area (Å²) >= 11 is 0. The summed E-state index contributed by atoms with van der Waals surface area (Å²) < 4.78 is 42.0. The molecule has 2 aliphatic carbocycles. The molecule has 206 valence electrons. The highest BCUT2D eigenvalue weighted by Crippen LogP contribution is 2.43. The first-order valence-corrected chi connectivity index (χ1v) is 13.0. The van der Waals surface area contributed by atoms with E-state index in [1.807, 2.05) is 18.2 Å². The standard InChI is InChI=1S/C21H29NO2.C7H6F3N3O/c1-16-15-19(18(16)11-14-22)24-20(23)21(12-7-2-3-8-13-21)17-9-5-4-6-10-17;1-4(14)11-6-3-2-5(12-13-6)7(8,9)10/h4-6,9-10,18-19H,1-3,7-8,11-15,22H2;2-3H,1H3,(H,11,13,14)/p+1. The number of carbonyl (C=O) groups excluding carboxylic acids is 2. The minimum atomic E-state index is -4.51. The van der Waals surface area contributed by atoms with Gasteiger partial charge in [-0.25, -0.2) is 0 Å². The molecule has 10 heteroatoms. The molecule has 1 aromatic heterocycles. The number of esters is 1. The number of quaternary nitrogens is 1. The number of hydrogen-bond donors (Lipinski definition) is 2. The van der Waals surface area contributed by atoms with Crippen molar-refractivity contribution in [1.29, 1.82) is 0 Å². The quantitative estimate of drug-likeness (QED) is 0.313. The minimum absolute atomic E-state index is 0.00880. The number of alkyl halides is 3. The molecule has 2 aromatic rings. The lowest BCUT2D eigenvalue weighted by Crippen LogP contribution is -2.53. The van der Waals surface area contributed by atoms with Gasteiger partial charge >= 0.3 is 12.1 Å². The van der Waals surface area contributed by atoms with Crippen LogP contribution in [0, 0.1) is 5.92 Å². The van der Waals surface area contributed by atoms with Crippen LogP contribution >= 0.6 is 0 Å². The van der Waals surface area contributed by atoms with Crippen molar-refractivity contribution >= 4 is 17.7 Å². The van der Waals surface area contributed by atoms with Crippen LogP contribution in [0.15, 0.2) is 54.6 Å². The highest BCUT2D eigenvalue weighted by Gasteiger charge is 2.45. The first-order chi connectivity index (χ1) is 18.1. The number of aromatic nitrogens is 2. The molecular weight excluding hydrogens is 497 g/mol. The van der Waals surface area contributed by atoms with Crippen LogP contribution in [0.1, 0.15) is 69.5 Å². The second-order valence-electron chi connectivity index (χ2n) is 9.90. The number of benzene rings is 1. The highest BCUT2D eigenvalue weighted by molar-refractivity contribution is 5.87. The molecule has 1 amide bonds. The van der Waals surface area contributed by atoms with Gasteiger partial charge in [0.15, 0.2) is 11.5 Å². The number of hydrogen-bond acceptors (Lipinski definition) is 5. The molecule has 7 nitrogen and oxygen atoms in total. The summed E-state index contributed by atoms with van der Waals surface area (Å²) in [5, 5.41) is 8.30. The molecule has 2 aliphatic rings. The van der Waals surface area contributed by atoms with Gasteiger partial charge in [0.2, 0.25) is 5.91 Å². The van der Waals surface area contributed by atoms with E-state index in [0.717, 1.165) is 62.8 Å². The van der Waals surface area contributed by atoms with Gasteiger partial charge in [-0.05, 0) is 30.5 Å². The maximum atomic E-state index is 13.3. The van der Waals surface area contributed by atoms with Crippen molar-refractivity contribution in [3.05, 3.63) is 65.9 Å². The van der Waals surface area contributed by atoms with Crippen LogP contribution in [0.2, 0.25) is 0 Å². The van der Waals surface area contributed by atoms with Crippen molar-refractivity contribution in [3.8, 4) is 0 Å². The van der Waals surface area contributed by atoms with Gasteiger partial charge in [0.1, 0.15) is 6.10 Å². The van der Waals surface area contributed by atoms with Gasteiger partial charge in [-0.15, -0.1) is 10.2 Å². The second-order valence-corrected chi connectivity index (χ2v) is 9.90. The zero-order chi connectivity index (χ0) is 27.8. The first kappa shape index (κ1) is 29.3. The molecule has 0 radical (unpaired) electrons. The van der Waals surface area contributed by atoms with Crippen molar-refractivity contribution in [2.24, 2.45) is 5.92 Å². The van der Waals surface area contributed by atoms with Gasteiger partial charge in [0, 0.05) is 25.7 Å². The molecule has 2 atom stereocenters. The van der Waals surface area contributed by atoms with Crippen molar-refractivity contribution in [2.75, 3.05) is 11.9 Å². The van der Waals surface area contributed by atoms with E-state index in [4.69, 9.17) is 4.74 Å². The molecule has 0 spiro atoms. The van der Waals surface area contributed by atoms with Crippen LogP contribution < -0.4 is 11.1 Å². The zero-order valence-electron chi connectivity index (χ0n) is 21.7. The Kier molecular flexibility index (Phi) is 10.0. The summed E-state index contributed by atoms with van der Waals surface area (Å²) in [7, 11) is 0. The third-order valence-electron chi connectivity index (χ3n) is 7.14. The molecular formula is C28H36F3N4O3+. The van der Waals surface area contributed by atoms with Crippen molar-refractivity contribution in [1.82, 2.24) is 10.2 Å². The lowest BCUT2D eigenvalue weighted by molar-refractivity contribution is -0.371. The van der Waals surface area contributed by atoms with Crippen LogP contribution in [0.25, 0.3) is 0 Å². The van der Waals surface area contributed by atoms with Gasteiger partial charge in [0.05, 0.1) is 12.0 Å². The molecule has 1 heterocycles. The Morgan fingerprint density at radius 3 is 2.24 bits per heavy atom. The fourth-order valence-electron chi connectivity index (χ4n) is 5.07. The molecule has 0 bridgehead atoms. The van der Waals surface area contributed by atoms with E-state index in [9.17, 15) is 22.8 Å². The SMILES string of the molecule is C=C1CC(OC(=O)C2(c3ccccc3)CCCCCC2)C1CC[NH3+].CC(=O)Nc1ccc(C(F)(F)F)nn1. The number of amides is 1. The number of carbonyl (C=O) groups is 2. The summed E-state index contributed by atoms with van der Waals surface area (Å²) in [6.45, 7) is 6.19. The maximum Gasteiger partial charge on any atom is 0.435 e. The van der Waals surface area contributed by atoms with Crippen LogP contribution in [0.4, 0.5) is 19.0 Å². The van der Waals surface area contributed by atoms with Crippen LogP contribution in [0.5, 0.6) is 0 Å². The van der Waals surface area contributed by atoms with E-state index >= 15 is 0 Å². The van der Waals surface area contributed by atoms with Gasteiger partial charge < -0.3 is 15.8 Å². The zero-order valence-corrected chi connectivity index (χ0v) is 21.7. The number of rotatable bonds is 6. The molecule has 1 aromatic carbocycles. The van der Waals surface area contributed by atoms with Crippen molar-refractivity contribution in [2.45, 2.75) is 76.0 Å². The number of nitrogens with zero attached hydrogens (tertiary/aromatic N) is 2. The number of anilines is 1. The molecule has 2 fully saturated rings. The average Bonchev–Trinajstić information content (AvgIpc) is 3.15. The third kappa shape index (κ3) is 7.40. The summed E-state index contributed by atoms with van der Waals surface area (Å²) in [4.78, 5) is 23.8. The predicted octanol–water partition coefficient (Wildman–Crippen LogP) is 4.85. The molecule has 2 unspecified atom stereocenters. The summed E-state index contributed by atoms with van der Waals surface area (Å²) in [5.41, 5.74) is 4.73. The lowest BCUT2D eigenvalue weighted by atomic mass is 9.72. The molecule has 4 rings (SSSR count). The Balaban J connectivity index is 0.000000244. The largest absolute Gasteiger partial charge is 0.461 e. The topological polar surface area (TPSA) is 109 Å². The maximum absolute atomic E-state index is 13.3. The van der Waals surface area contributed by atoms with Gasteiger partial charge in [-0.2, -0.15) is 13.2 Å². The Morgan fingerprint density at radius 2 is 1.74 bits per heavy atom. The lowest BCUT2D eigenvalue weighted by Gasteiger charge is -2.41. The van der Waals surface area contributed by atoms with Gasteiger partial charge in [0.25, 0.3) is 0 Å². The van der Waals surface area contributed by atoms with Gasteiger partial charge in [-0.3, -0.25) is 9.59 Å². The molecule has 0 saturated heterocycles. The average molecular weight is 534 g/mol. The van der Waals surface area contributed by atoms with E-state index in [1.54, 1.807) is 0 Å². The third-order valence-corrected chi connectivity index (χ3v) is 7.14. The van der Waals surface area contributed by atoms with Crippen molar-refractivity contribution in [3.63, 3.8) is 0 Å². The van der Waals surface area contributed by atoms with Crippen molar-refractivity contribution < 1.29 is 33.2 Å². The number of ether oxygens (including phenoxy) is 1.